The Labute approximate surface area is 295 Å². The fraction of sp³-hybridized carbons (Fsp3) is 0. The SMILES string of the molecule is c1ccc2c(c1)oc1ccc(-c3ccc4c(c3)c3cccnc3n4-c3cccc4c3oc3ccc(-n5c6ccccc6c6cccnc65)cc34)cc12. The maximum Gasteiger partial charge on any atom is 0.159 e. The Morgan fingerprint density at radius 1 is 0.385 bits per heavy atom. The van der Waals surface area contributed by atoms with Gasteiger partial charge < -0.3 is 8.83 Å². The molecular weight excluding hydrogens is 641 g/mol. The van der Waals surface area contributed by atoms with Crippen molar-refractivity contribution in [2.24, 2.45) is 0 Å². The number of rotatable bonds is 3. The van der Waals surface area contributed by atoms with Crippen molar-refractivity contribution in [3.05, 3.63) is 158 Å². The number of hydrogen-bond donors (Lipinski definition) is 0. The number of benzene rings is 6. The van der Waals surface area contributed by atoms with E-state index in [0.29, 0.717) is 0 Å². The van der Waals surface area contributed by atoms with Crippen molar-refractivity contribution in [1.82, 2.24) is 19.1 Å². The third kappa shape index (κ3) is 3.72. The van der Waals surface area contributed by atoms with E-state index in [9.17, 15) is 0 Å². The first-order valence-corrected chi connectivity index (χ1v) is 17.4. The Hall–Kier alpha value is -7.18. The number of nitrogens with zero attached hydrogens (tertiary/aromatic N) is 4. The van der Waals surface area contributed by atoms with Crippen LogP contribution >= 0.6 is 0 Å². The molecule has 6 heterocycles. The highest BCUT2D eigenvalue weighted by molar-refractivity contribution is 6.14. The Kier molecular flexibility index (Phi) is 5.41. The largest absolute Gasteiger partial charge is 0.456 e. The highest BCUT2D eigenvalue weighted by Gasteiger charge is 2.20. The van der Waals surface area contributed by atoms with E-state index in [0.717, 1.165) is 105 Å². The number of para-hydroxylation sites is 3. The molecule has 12 rings (SSSR count). The molecule has 0 aliphatic carbocycles. The molecule has 52 heavy (non-hydrogen) atoms. The van der Waals surface area contributed by atoms with Crippen LogP contribution in [0.2, 0.25) is 0 Å². The summed E-state index contributed by atoms with van der Waals surface area (Å²) in [6, 6.07) is 51.0. The van der Waals surface area contributed by atoms with Crippen LogP contribution in [0.15, 0.2) is 167 Å². The minimum atomic E-state index is 0.820. The van der Waals surface area contributed by atoms with Crippen LogP contribution in [-0.2, 0) is 0 Å². The lowest BCUT2D eigenvalue weighted by atomic mass is 10.0. The van der Waals surface area contributed by atoms with Gasteiger partial charge in [-0.2, -0.15) is 0 Å². The molecule has 6 nitrogen and oxygen atoms in total. The van der Waals surface area contributed by atoms with Crippen molar-refractivity contribution in [2.45, 2.75) is 0 Å². The lowest BCUT2D eigenvalue weighted by Gasteiger charge is -2.08. The van der Waals surface area contributed by atoms with E-state index in [2.05, 4.69) is 130 Å². The first-order chi connectivity index (χ1) is 25.8. The van der Waals surface area contributed by atoms with E-state index >= 15 is 0 Å². The van der Waals surface area contributed by atoms with Crippen molar-refractivity contribution in [1.29, 1.82) is 0 Å². The molecule has 0 saturated heterocycles. The number of pyridine rings is 2. The fourth-order valence-corrected chi connectivity index (χ4v) is 8.32. The van der Waals surface area contributed by atoms with Gasteiger partial charge in [0.05, 0.1) is 16.7 Å². The summed E-state index contributed by atoms with van der Waals surface area (Å²) in [6.07, 6.45) is 3.72. The predicted octanol–water partition coefficient (Wildman–Crippen LogP) is 12.1. The maximum absolute atomic E-state index is 6.73. The first-order valence-electron chi connectivity index (χ1n) is 17.4. The van der Waals surface area contributed by atoms with Gasteiger partial charge in [-0.1, -0.05) is 60.7 Å². The summed E-state index contributed by atoms with van der Waals surface area (Å²) in [4.78, 5) is 9.73. The molecular formula is C46H26N4O2. The summed E-state index contributed by atoms with van der Waals surface area (Å²) in [5.41, 5.74) is 11.7. The molecule has 0 radical (unpaired) electrons. The summed E-state index contributed by atoms with van der Waals surface area (Å²) in [6.45, 7) is 0. The van der Waals surface area contributed by atoms with Crippen LogP contribution in [0.5, 0.6) is 0 Å². The Morgan fingerprint density at radius 2 is 1.00 bits per heavy atom. The van der Waals surface area contributed by atoms with Crippen LogP contribution < -0.4 is 0 Å². The van der Waals surface area contributed by atoms with Crippen LogP contribution in [0.3, 0.4) is 0 Å². The standard InChI is InChI=1S/C46H26N4O2/c1-3-13-38-30(8-1)33-11-6-22-47-45(33)49(38)29-18-21-43-37(26-29)32-10-5-14-40(44(32)52-43)50-39-19-16-27(24-35(39)34-12-7-23-48-46(34)50)28-17-20-42-36(25-28)31-9-2-4-15-41(31)51-42/h1-26H. The first kappa shape index (κ1) is 27.6. The summed E-state index contributed by atoms with van der Waals surface area (Å²) < 4.78 is 17.3. The summed E-state index contributed by atoms with van der Waals surface area (Å²) >= 11 is 0. The zero-order valence-electron chi connectivity index (χ0n) is 27.6. The molecule has 6 heteroatoms. The second kappa shape index (κ2) is 10.2. The quantitative estimate of drug-likeness (QED) is 0.188. The number of hydrogen-bond acceptors (Lipinski definition) is 4. The number of aromatic nitrogens is 4. The number of furan rings is 2. The van der Waals surface area contributed by atoms with Crippen molar-refractivity contribution in [3.8, 4) is 22.5 Å². The molecule has 0 aliphatic heterocycles. The van der Waals surface area contributed by atoms with E-state index in [1.54, 1.807) is 0 Å². The molecule has 12 aromatic rings. The molecule has 0 bridgehead atoms. The predicted molar refractivity (Wildman–Crippen MR) is 211 cm³/mol. The lowest BCUT2D eigenvalue weighted by Crippen LogP contribution is -1.96. The average Bonchev–Trinajstić information content (AvgIpc) is 3.95. The summed E-state index contributed by atoms with van der Waals surface area (Å²) in [5.74, 6) is 0. The molecule has 6 aromatic heterocycles. The van der Waals surface area contributed by atoms with E-state index in [4.69, 9.17) is 18.8 Å². The van der Waals surface area contributed by atoms with Crippen molar-refractivity contribution < 1.29 is 8.83 Å². The van der Waals surface area contributed by atoms with Gasteiger partial charge in [-0.25, -0.2) is 9.97 Å². The second-order valence-electron chi connectivity index (χ2n) is 13.4. The maximum atomic E-state index is 6.73. The second-order valence-corrected chi connectivity index (χ2v) is 13.4. The third-order valence-electron chi connectivity index (χ3n) is 10.6. The van der Waals surface area contributed by atoms with Gasteiger partial charge in [-0.05, 0) is 96.1 Å². The van der Waals surface area contributed by atoms with E-state index in [1.807, 2.05) is 36.7 Å². The van der Waals surface area contributed by atoms with Crippen LogP contribution in [0.1, 0.15) is 0 Å². The topological polar surface area (TPSA) is 61.9 Å². The molecule has 0 amide bonds. The lowest BCUT2D eigenvalue weighted by molar-refractivity contribution is 0.666. The summed E-state index contributed by atoms with van der Waals surface area (Å²) in [5, 5.41) is 8.87. The molecule has 6 aromatic carbocycles. The van der Waals surface area contributed by atoms with Crippen molar-refractivity contribution in [2.75, 3.05) is 0 Å². The summed E-state index contributed by atoms with van der Waals surface area (Å²) in [7, 11) is 0. The highest BCUT2D eigenvalue weighted by Crippen LogP contribution is 2.41. The Balaban J connectivity index is 1.05. The molecule has 0 saturated carbocycles. The van der Waals surface area contributed by atoms with Crippen molar-refractivity contribution >= 4 is 87.7 Å². The van der Waals surface area contributed by atoms with Gasteiger partial charge >= 0.3 is 0 Å². The average molecular weight is 667 g/mol. The van der Waals surface area contributed by atoms with Gasteiger partial charge in [-0.15, -0.1) is 0 Å². The minimum absolute atomic E-state index is 0.820. The molecule has 0 unspecified atom stereocenters. The van der Waals surface area contributed by atoms with Crippen LogP contribution in [-0.4, -0.2) is 19.1 Å². The van der Waals surface area contributed by atoms with E-state index in [-0.39, 0.29) is 0 Å². The highest BCUT2D eigenvalue weighted by atomic mass is 16.3. The third-order valence-corrected chi connectivity index (χ3v) is 10.6. The van der Waals surface area contributed by atoms with Crippen LogP contribution in [0.4, 0.5) is 0 Å². The van der Waals surface area contributed by atoms with Gasteiger partial charge in [0, 0.05) is 61.2 Å². The number of fused-ring (bicyclic) bond motifs is 12. The molecule has 0 spiro atoms. The van der Waals surface area contributed by atoms with Crippen LogP contribution in [0.25, 0.3) is 110 Å². The van der Waals surface area contributed by atoms with Gasteiger partial charge in [0.1, 0.15) is 28.0 Å². The van der Waals surface area contributed by atoms with Gasteiger partial charge in [-0.3, -0.25) is 9.13 Å². The van der Waals surface area contributed by atoms with Crippen molar-refractivity contribution in [3.63, 3.8) is 0 Å². The normalized spacial score (nSPS) is 12.2. The van der Waals surface area contributed by atoms with Gasteiger partial charge in [0.2, 0.25) is 0 Å². The Bertz CT molecular complexity index is 3380. The van der Waals surface area contributed by atoms with Gasteiger partial charge in [0.25, 0.3) is 0 Å². The fourth-order valence-electron chi connectivity index (χ4n) is 8.32. The van der Waals surface area contributed by atoms with Gasteiger partial charge in [0.15, 0.2) is 5.58 Å². The molecule has 0 fully saturated rings. The smallest absolute Gasteiger partial charge is 0.159 e. The molecule has 0 atom stereocenters. The minimum Gasteiger partial charge on any atom is -0.456 e. The molecule has 0 N–H and O–H groups in total. The van der Waals surface area contributed by atoms with Crippen LogP contribution in [0, 0.1) is 0 Å². The molecule has 242 valence electrons. The Morgan fingerprint density at radius 3 is 1.88 bits per heavy atom. The zero-order valence-corrected chi connectivity index (χ0v) is 27.6. The monoisotopic (exact) mass is 666 g/mol. The zero-order chi connectivity index (χ0) is 33.9. The van der Waals surface area contributed by atoms with E-state index in [1.165, 1.54) is 5.39 Å². The molecule has 0 aliphatic rings. The van der Waals surface area contributed by atoms with E-state index < -0.39 is 0 Å².